The third kappa shape index (κ3) is 1.16. The Labute approximate surface area is 61.9 Å². The topological polar surface area (TPSA) is 39.1 Å². The van der Waals surface area contributed by atoms with Crippen molar-refractivity contribution in [3.63, 3.8) is 0 Å². The molecule has 0 saturated carbocycles. The summed E-state index contributed by atoms with van der Waals surface area (Å²) in [5.41, 5.74) is 0. The lowest BCUT2D eigenvalue weighted by Crippen LogP contribution is -2.19. The van der Waals surface area contributed by atoms with Crippen molar-refractivity contribution in [3.8, 4) is 0 Å². The third-order valence-corrected chi connectivity index (χ3v) is 1.80. The van der Waals surface area contributed by atoms with Gasteiger partial charge in [0, 0.05) is 18.0 Å². The molecular weight excluding hydrogens is 150 g/mol. The van der Waals surface area contributed by atoms with Crippen LogP contribution in [0.15, 0.2) is 16.4 Å². The van der Waals surface area contributed by atoms with Crippen LogP contribution in [-0.4, -0.2) is 10.5 Å². The molecule has 3 nitrogen and oxygen atoms in total. The van der Waals surface area contributed by atoms with Crippen molar-refractivity contribution in [2.45, 2.75) is 13.3 Å². The zero-order valence-electron chi connectivity index (χ0n) is 5.53. The van der Waals surface area contributed by atoms with Crippen LogP contribution in [0.25, 0.3) is 0 Å². The van der Waals surface area contributed by atoms with Gasteiger partial charge in [-0.05, 0) is 0 Å². The van der Waals surface area contributed by atoms with Gasteiger partial charge in [-0.1, -0.05) is 18.3 Å². The number of carbonyl (C=O) groups is 1. The number of carbonyl (C=O) groups excluding carboxylic acids is 1. The van der Waals surface area contributed by atoms with Gasteiger partial charge in [-0.3, -0.25) is 9.59 Å². The van der Waals surface area contributed by atoms with E-state index < -0.39 is 0 Å². The van der Waals surface area contributed by atoms with Gasteiger partial charge in [0.05, 0.1) is 0 Å². The minimum Gasteiger partial charge on any atom is -0.274 e. The second kappa shape index (κ2) is 2.79. The van der Waals surface area contributed by atoms with Crippen molar-refractivity contribution < 1.29 is 4.79 Å². The molecule has 0 spiro atoms. The quantitative estimate of drug-likeness (QED) is 0.609. The van der Waals surface area contributed by atoms with E-state index in [0.717, 1.165) is 15.9 Å². The number of nitrogens with zero attached hydrogens (tertiary/aromatic N) is 1. The van der Waals surface area contributed by atoms with Gasteiger partial charge in [0.15, 0.2) is 0 Å². The van der Waals surface area contributed by atoms with Crippen LogP contribution in [0.2, 0.25) is 0 Å². The van der Waals surface area contributed by atoms with Gasteiger partial charge in [0.2, 0.25) is 5.91 Å². The predicted molar refractivity (Wildman–Crippen MR) is 39.5 cm³/mol. The third-order valence-electron chi connectivity index (χ3n) is 1.15. The van der Waals surface area contributed by atoms with Crippen LogP contribution in [-0.2, 0) is 0 Å². The van der Waals surface area contributed by atoms with Crippen LogP contribution in [0.3, 0.4) is 0 Å². The number of hydrogen-bond donors (Lipinski definition) is 0. The molecule has 1 heterocycles. The molecule has 0 saturated heterocycles. The second-order valence-corrected chi connectivity index (χ2v) is 2.64. The molecule has 0 aliphatic heterocycles. The maximum atomic E-state index is 10.9. The van der Waals surface area contributed by atoms with Gasteiger partial charge in [0.1, 0.15) is 0 Å². The monoisotopic (exact) mass is 157 g/mol. The smallest absolute Gasteiger partial charge is 0.274 e. The molecule has 1 aromatic heterocycles. The van der Waals surface area contributed by atoms with Crippen LogP contribution >= 0.6 is 11.3 Å². The number of aromatic nitrogens is 1. The van der Waals surface area contributed by atoms with E-state index in [1.807, 2.05) is 0 Å². The van der Waals surface area contributed by atoms with Crippen LogP contribution in [0.4, 0.5) is 0 Å². The summed E-state index contributed by atoms with van der Waals surface area (Å²) in [5, 5.41) is 1.61. The minimum absolute atomic E-state index is 0.147. The first kappa shape index (κ1) is 7.21. The zero-order valence-corrected chi connectivity index (χ0v) is 6.35. The van der Waals surface area contributed by atoms with E-state index in [0.29, 0.717) is 6.42 Å². The van der Waals surface area contributed by atoms with E-state index in [2.05, 4.69) is 0 Å². The largest absolute Gasteiger partial charge is 0.313 e. The highest BCUT2D eigenvalue weighted by molar-refractivity contribution is 7.07. The standard InChI is InChI=1S/C6H7NO2S/c1-2-5(8)7-3-4-10-6(7)9/h3-4H,2H2,1H3. The first-order valence-electron chi connectivity index (χ1n) is 2.95. The van der Waals surface area contributed by atoms with E-state index in [1.165, 1.54) is 6.20 Å². The fourth-order valence-corrected chi connectivity index (χ4v) is 1.20. The first-order chi connectivity index (χ1) is 4.75. The molecule has 0 aliphatic carbocycles. The lowest BCUT2D eigenvalue weighted by Gasteiger charge is -1.92. The van der Waals surface area contributed by atoms with E-state index in [1.54, 1.807) is 12.3 Å². The summed E-state index contributed by atoms with van der Waals surface area (Å²) < 4.78 is 1.13. The number of thiazole rings is 1. The Morgan fingerprint density at radius 2 is 2.50 bits per heavy atom. The average molecular weight is 157 g/mol. The molecule has 1 rings (SSSR count). The Bertz CT molecular complexity index is 286. The summed E-state index contributed by atoms with van der Waals surface area (Å²) in [7, 11) is 0. The highest BCUT2D eigenvalue weighted by Gasteiger charge is 2.02. The highest BCUT2D eigenvalue weighted by atomic mass is 32.1. The van der Waals surface area contributed by atoms with Gasteiger partial charge < -0.3 is 0 Å². The summed E-state index contributed by atoms with van der Waals surface area (Å²) in [6.45, 7) is 1.73. The summed E-state index contributed by atoms with van der Waals surface area (Å²) in [5.74, 6) is -0.147. The van der Waals surface area contributed by atoms with Gasteiger partial charge in [-0.15, -0.1) is 0 Å². The molecule has 10 heavy (non-hydrogen) atoms. The summed E-state index contributed by atoms with van der Waals surface area (Å²) >= 11 is 1.03. The first-order valence-corrected chi connectivity index (χ1v) is 3.83. The maximum Gasteiger partial charge on any atom is 0.313 e. The van der Waals surface area contributed by atoms with E-state index in [9.17, 15) is 9.59 Å². The lowest BCUT2D eigenvalue weighted by molar-refractivity contribution is 0.0906. The van der Waals surface area contributed by atoms with Crippen molar-refractivity contribution in [2.75, 3.05) is 0 Å². The van der Waals surface area contributed by atoms with E-state index in [-0.39, 0.29) is 10.8 Å². The fourth-order valence-electron chi connectivity index (χ4n) is 0.622. The van der Waals surface area contributed by atoms with Crippen LogP contribution < -0.4 is 4.87 Å². The van der Waals surface area contributed by atoms with Crippen LogP contribution in [0.1, 0.15) is 18.1 Å². The van der Waals surface area contributed by atoms with Gasteiger partial charge >= 0.3 is 4.87 Å². The maximum absolute atomic E-state index is 10.9. The van der Waals surface area contributed by atoms with E-state index >= 15 is 0 Å². The van der Waals surface area contributed by atoms with Crippen molar-refractivity contribution in [1.82, 2.24) is 4.57 Å². The Hall–Kier alpha value is -0.900. The second-order valence-electron chi connectivity index (χ2n) is 1.79. The van der Waals surface area contributed by atoms with Crippen LogP contribution in [0, 0.1) is 0 Å². The fraction of sp³-hybridized carbons (Fsp3) is 0.333. The molecule has 4 heteroatoms. The molecule has 0 bridgehead atoms. The molecule has 1 aromatic rings. The average Bonchev–Trinajstić information content (AvgIpc) is 2.34. The molecule has 0 atom stereocenters. The zero-order chi connectivity index (χ0) is 7.56. The SMILES string of the molecule is CCC(=O)n1ccsc1=O. The molecule has 0 N–H and O–H groups in total. The highest BCUT2D eigenvalue weighted by Crippen LogP contribution is 1.90. The molecule has 0 unspecified atom stereocenters. The normalized spacial score (nSPS) is 9.70. The molecule has 0 aliphatic rings. The molecule has 0 radical (unpaired) electrons. The van der Waals surface area contributed by atoms with Gasteiger partial charge in [-0.2, -0.15) is 0 Å². The van der Waals surface area contributed by atoms with Gasteiger partial charge in [-0.25, -0.2) is 4.57 Å². The summed E-state index contributed by atoms with van der Waals surface area (Å²) in [6, 6.07) is 0. The molecular formula is C6H7NO2S. The minimum atomic E-state index is -0.202. The lowest BCUT2D eigenvalue weighted by atomic mass is 10.4. The van der Waals surface area contributed by atoms with Crippen molar-refractivity contribution in [1.29, 1.82) is 0 Å². The predicted octanol–water partition coefficient (Wildman–Crippen LogP) is 0.960. The Morgan fingerprint density at radius 3 is 2.90 bits per heavy atom. The molecule has 0 fully saturated rings. The summed E-state index contributed by atoms with van der Waals surface area (Å²) in [4.78, 5) is 21.4. The Balaban J connectivity index is 3.05. The van der Waals surface area contributed by atoms with E-state index in [4.69, 9.17) is 0 Å². The molecule has 0 aromatic carbocycles. The molecule has 54 valence electrons. The Morgan fingerprint density at radius 1 is 1.80 bits per heavy atom. The Kier molecular flexibility index (Phi) is 2.01. The van der Waals surface area contributed by atoms with Gasteiger partial charge in [0.25, 0.3) is 0 Å². The molecule has 0 amide bonds. The number of hydrogen-bond acceptors (Lipinski definition) is 3. The van der Waals surface area contributed by atoms with Crippen molar-refractivity contribution in [3.05, 3.63) is 21.2 Å². The van der Waals surface area contributed by atoms with Crippen molar-refractivity contribution in [2.24, 2.45) is 0 Å². The number of rotatable bonds is 1. The summed E-state index contributed by atoms with van der Waals surface area (Å²) in [6.07, 6.45) is 1.87. The van der Waals surface area contributed by atoms with Crippen molar-refractivity contribution >= 4 is 17.2 Å². The van der Waals surface area contributed by atoms with Crippen LogP contribution in [0.5, 0.6) is 0 Å².